The van der Waals surface area contributed by atoms with Gasteiger partial charge in [-0.05, 0) is 147 Å². The number of carbonyl (C=O) groups excluding carboxylic acids is 2. The summed E-state index contributed by atoms with van der Waals surface area (Å²) in [6, 6.07) is 22.0. The second-order valence-electron chi connectivity index (χ2n) is 19.4. The highest BCUT2D eigenvalue weighted by Gasteiger charge is 2.29. The zero-order valence-corrected chi connectivity index (χ0v) is 46.5. The first-order chi connectivity index (χ1) is 35.5. The maximum atomic E-state index is 13.3. The molecule has 0 saturated carbocycles. The highest BCUT2D eigenvalue weighted by atomic mass is 35.5. The maximum absolute atomic E-state index is 13.3. The van der Waals surface area contributed by atoms with Gasteiger partial charge in [0.2, 0.25) is 10.0 Å². The van der Waals surface area contributed by atoms with Crippen LogP contribution in [0.3, 0.4) is 0 Å². The van der Waals surface area contributed by atoms with Crippen molar-refractivity contribution in [2.24, 2.45) is 0 Å². The first kappa shape index (κ1) is 59.3. The fraction of sp³-hybridized carbons (Fsp3) is 0.527. The Morgan fingerprint density at radius 1 is 0.581 bits per heavy atom. The molecule has 19 heteroatoms. The molecular weight excluding hydrogens is 1030 g/mol. The van der Waals surface area contributed by atoms with Crippen molar-refractivity contribution < 1.29 is 45.4 Å². The van der Waals surface area contributed by atoms with E-state index in [0.717, 1.165) is 78.8 Å². The fourth-order valence-electron chi connectivity index (χ4n) is 9.60. The summed E-state index contributed by atoms with van der Waals surface area (Å²) in [5.41, 5.74) is 8.91. The van der Waals surface area contributed by atoms with Crippen LogP contribution in [0, 0.1) is 13.8 Å². The number of amides is 2. The lowest BCUT2D eigenvalue weighted by Gasteiger charge is -2.34. The molecule has 0 fully saturated rings. The molecule has 0 saturated heterocycles. The number of sulfone groups is 1. The summed E-state index contributed by atoms with van der Waals surface area (Å²) in [6.07, 6.45) is 4.20. The summed E-state index contributed by atoms with van der Waals surface area (Å²) >= 11 is 12.9. The van der Waals surface area contributed by atoms with Crippen LogP contribution in [0.15, 0.2) is 82.6 Å². The van der Waals surface area contributed by atoms with Gasteiger partial charge in [-0.1, -0.05) is 53.9 Å². The number of urea groups is 1. The number of nitrogens with zero attached hydrogens (tertiary/aromatic N) is 2. The molecule has 0 spiro atoms. The van der Waals surface area contributed by atoms with Crippen molar-refractivity contribution in [3.05, 3.63) is 127 Å². The molecule has 0 bridgehead atoms. The van der Waals surface area contributed by atoms with Crippen LogP contribution in [-0.4, -0.2) is 144 Å². The second-order valence-corrected chi connectivity index (χ2v) is 24.1. The Kier molecular flexibility index (Phi) is 23.6. The fourth-order valence-corrected chi connectivity index (χ4v) is 12.6. The lowest BCUT2D eigenvalue weighted by molar-refractivity contribution is -0.119. The van der Waals surface area contributed by atoms with Gasteiger partial charge in [-0.25, -0.2) is 26.4 Å². The Morgan fingerprint density at radius 3 is 1.68 bits per heavy atom. The smallest absolute Gasteiger partial charge is 0.314 e. The summed E-state index contributed by atoms with van der Waals surface area (Å²) in [6.45, 7) is 10.7. The van der Waals surface area contributed by atoms with Gasteiger partial charge in [0.25, 0.3) is 0 Å². The molecule has 3 N–H and O–H groups in total. The van der Waals surface area contributed by atoms with Gasteiger partial charge < -0.3 is 39.4 Å². The number of ketones is 1. The molecule has 406 valence electrons. The summed E-state index contributed by atoms with van der Waals surface area (Å²) in [5, 5.41) is 6.94. The van der Waals surface area contributed by atoms with Gasteiger partial charge in [0, 0.05) is 93.7 Å². The zero-order chi connectivity index (χ0) is 53.1. The van der Waals surface area contributed by atoms with Crippen LogP contribution in [-0.2, 0) is 56.7 Å². The predicted molar refractivity (Wildman–Crippen MR) is 291 cm³/mol. The Hall–Kier alpha value is -3.98. The minimum absolute atomic E-state index is 0.000604. The largest absolute Gasteiger partial charge is 0.379 e. The van der Waals surface area contributed by atoms with Gasteiger partial charge in [0.1, 0.15) is 5.78 Å². The number of hydrogen-bond acceptors (Lipinski definition) is 12. The number of halogens is 2. The van der Waals surface area contributed by atoms with Crippen LogP contribution in [0.4, 0.5) is 4.79 Å². The molecule has 6 rings (SSSR count). The number of Topliss-reactive ketones (excluding diaryl/α,β-unsaturated/α-hetero) is 1. The topological polar surface area (TPSA) is 182 Å². The number of benzene rings is 4. The van der Waals surface area contributed by atoms with Crippen LogP contribution < -0.4 is 15.4 Å². The van der Waals surface area contributed by atoms with Crippen molar-refractivity contribution in [3.63, 3.8) is 0 Å². The number of hydrogen-bond donors (Lipinski definition) is 3. The molecule has 0 radical (unpaired) electrons. The van der Waals surface area contributed by atoms with Crippen molar-refractivity contribution in [3.8, 4) is 0 Å². The minimum Gasteiger partial charge on any atom is -0.379 e. The average molecular weight is 1100 g/mol. The molecule has 74 heavy (non-hydrogen) atoms. The molecular formula is C55H75Cl2N5O10S2. The Labute approximate surface area is 449 Å². The van der Waals surface area contributed by atoms with Crippen LogP contribution in [0.2, 0.25) is 10.0 Å². The number of unbranched alkanes of at least 4 members (excludes halogenated alkanes) is 2. The van der Waals surface area contributed by atoms with E-state index in [4.69, 9.17) is 42.1 Å². The van der Waals surface area contributed by atoms with Crippen LogP contribution in [0.25, 0.3) is 0 Å². The van der Waals surface area contributed by atoms with E-state index < -0.39 is 19.9 Å². The number of sulfonamides is 1. The highest BCUT2D eigenvalue weighted by Crippen LogP contribution is 2.39. The van der Waals surface area contributed by atoms with Crippen molar-refractivity contribution in [2.45, 2.75) is 93.5 Å². The van der Waals surface area contributed by atoms with Gasteiger partial charge >= 0.3 is 6.03 Å². The van der Waals surface area contributed by atoms with E-state index >= 15 is 0 Å². The lowest BCUT2D eigenvalue weighted by atomic mass is 9.83. The van der Waals surface area contributed by atoms with Gasteiger partial charge in [0.05, 0.1) is 55.2 Å². The first-order valence-electron chi connectivity index (χ1n) is 25.7. The Balaban J connectivity index is 0.707. The molecule has 2 atom stereocenters. The third-order valence-electron chi connectivity index (χ3n) is 13.4. The van der Waals surface area contributed by atoms with Gasteiger partial charge in [-0.2, -0.15) is 0 Å². The summed E-state index contributed by atoms with van der Waals surface area (Å²) < 4.78 is 77.9. The Bertz CT molecular complexity index is 2530. The first-order valence-corrected chi connectivity index (χ1v) is 29.6. The molecule has 0 aromatic heterocycles. The molecule has 2 heterocycles. The van der Waals surface area contributed by atoms with Gasteiger partial charge in [-0.3, -0.25) is 4.79 Å². The number of ether oxygens (including phenoxy) is 4. The van der Waals surface area contributed by atoms with E-state index in [-0.39, 0.29) is 54.1 Å². The zero-order valence-electron chi connectivity index (χ0n) is 43.4. The monoisotopic (exact) mass is 1100 g/mol. The molecule has 15 nitrogen and oxygen atoms in total. The number of aryl methyl sites for hydroxylation is 2. The van der Waals surface area contributed by atoms with E-state index in [1.807, 2.05) is 42.5 Å². The molecule has 2 aliphatic rings. The normalized spacial score (nSPS) is 16.2. The molecule has 2 aliphatic heterocycles. The molecule has 2 unspecified atom stereocenters. The number of fused-ring (bicyclic) bond motifs is 2. The SMILES string of the molecule is Cc1cc(Cl)cc2c1CN(C)CC2c1cccc(S(=O)(=O)CCCOCCOCCNC(=O)NCCCCCC(=O)CCCOCCOCCNS(=O)(=O)c2cccc(C3CN(C)Cc4c(C)cc(Cl)cc43)c2)c1. The molecule has 4 aromatic rings. The van der Waals surface area contributed by atoms with Crippen LogP contribution >= 0.6 is 23.2 Å². The summed E-state index contributed by atoms with van der Waals surface area (Å²) in [4.78, 5) is 29.5. The molecule has 2 amide bonds. The third kappa shape index (κ3) is 18.4. The van der Waals surface area contributed by atoms with Gasteiger partial charge in [-0.15, -0.1) is 0 Å². The van der Waals surface area contributed by atoms with E-state index in [1.165, 1.54) is 11.1 Å². The van der Waals surface area contributed by atoms with Gasteiger partial charge in [0.15, 0.2) is 9.84 Å². The van der Waals surface area contributed by atoms with E-state index in [0.29, 0.717) is 93.4 Å². The van der Waals surface area contributed by atoms with E-state index in [9.17, 15) is 26.4 Å². The quantitative estimate of drug-likeness (QED) is 0.0412. The molecule has 4 aromatic carbocycles. The van der Waals surface area contributed by atoms with Crippen molar-refractivity contribution in [1.82, 2.24) is 25.2 Å². The van der Waals surface area contributed by atoms with Crippen LogP contribution in [0.5, 0.6) is 0 Å². The van der Waals surface area contributed by atoms with E-state index in [1.54, 1.807) is 30.3 Å². The number of carbonyl (C=O) groups is 2. The standard InChI is InChI=1S/C55H75Cl2N5O10S2/c1-40-30-44(56)34-49-51(40)36-61(3)38-53(49)42-12-8-16-47(32-42)73(65,66)29-11-22-70-26-27-71-23-19-59-55(64)58-18-7-5-6-14-46(63)15-10-21-69-25-28-72-24-20-60-74(67,68)48-17-9-13-43(33-48)54-39-62(4)37-52-41(2)31-45(57)35-50(52)54/h8-9,12-13,16-17,30-35,53-54,60H,5-7,10-11,14-15,18-29,36-39H2,1-4H3,(H2,58,59,64). The summed E-state index contributed by atoms with van der Waals surface area (Å²) in [7, 11) is -3.12. The molecule has 0 aliphatic carbocycles. The second kappa shape index (κ2) is 29.5. The highest BCUT2D eigenvalue weighted by molar-refractivity contribution is 7.91. The number of nitrogens with one attached hydrogen (secondary N) is 3. The lowest BCUT2D eigenvalue weighted by Crippen LogP contribution is -2.37. The van der Waals surface area contributed by atoms with Crippen molar-refractivity contribution in [1.29, 1.82) is 0 Å². The minimum atomic E-state index is -3.75. The number of rotatable bonds is 31. The number of likely N-dealkylation sites (N-methyl/N-ethyl adjacent to an activating group) is 2. The van der Waals surface area contributed by atoms with Crippen molar-refractivity contribution in [2.75, 3.05) is 105 Å². The predicted octanol–water partition coefficient (Wildman–Crippen LogP) is 8.18. The maximum Gasteiger partial charge on any atom is 0.314 e. The Morgan fingerprint density at radius 2 is 1.08 bits per heavy atom. The third-order valence-corrected chi connectivity index (χ3v) is 17.1. The van der Waals surface area contributed by atoms with Crippen molar-refractivity contribution >= 4 is 54.9 Å². The average Bonchev–Trinajstić information content (AvgIpc) is 3.36. The van der Waals surface area contributed by atoms with E-state index in [2.05, 4.69) is 53.1 Å². The summed E-state index contributed by atoms with van der Waals surface area (Å²) in [5.74, 6) is 0.172. The van der Waals surface area contributed by atoms with Crippen LogP contribution in [0.1, 0.15) is 101 Å².